The lowest BCUT2D eigenvalue weighted by Crippen LogP contribution is -2.11. The van der Waals surface area contributed by atoms with Gasteiger partial charge in [0, 0.05) is 25.7 Å². The Labute approximate surface area is 147 Å². The van der Waals surface area contributed by atoms with E-state index >= 15 is 0 Å². The van der Waals surface area contributed by atoms with Crippen LogP contribution < -0.4 is 10.6 Å². The van der Waals surface area contributed by atoms with Crippen molar-refractivity contribution >= 4 is 23.1 Å². The highest BCUT2D eigenvalue weighted by atomic mass is 16.3. The predicted octanol–water partition coefficient (Wildman–Crippen LogP) is 2.81. The third-order valence-corrected chi connectivity index (χ3v) is 3.86. The summed E-state index contributed by atoms with van der Waals surface area (Å²) >= 11 is 0. The minimum atomic E-state index is 0.146. The molecular formula is C18H24N6O. The molecule has 1 aromatic carbocycles. The molecule has 0 atom stereocenters. The van der Waals surface area contributed by atoms with E-state index in [0.29, 0.717) is 25.5 Å². The van der Waals surface area contributed by atoms with Gasteiger partial charge >= 0.3 is 0 Å². The molecular weight excluding hydrogens is 316 g/mol. The van der Waals surface area contributed by atoms with Crippen LogP contribution in [-0.2, 0) is 6.54 Å². The molecule has 2 heterocycles. The third kappa shape index (κ3) is 4.06. The summed E-state index contributed by atoms with van der Waals surface area (Å²) < 4.78 is 2.08. The van der Waals surface area contributed by atoms with E-state index in [0.717, 1.165) is 17.1 Å². The molecule has 3 N–H and O–H groups in total. The molecule has 0 aliphatic heterocycles. The zero-order chi connectivity index (χ0) is 17.6. The van der Waals surface area contributed by atoms with Crippen LogP contribution in [-0.4, -0.2) is 37.8 Å². The van der Waals surface area contributed by atoms with E-state index in [1.807, 2.05) is 18.2 Å². The number of nitrogens with zero attached hydrogens (tertiary/aromatic N) is 4. The fourth-order valence-corrected chi connectivity index (χ4v) is 2.65. The molecule has 0 saturated carbocycles. The molecule has 0 spiro atoms. The summed E-state index contributed by atoms with van der Waals surface area (Å²) in [6.45, 7) is 5.70. The molecule has 0 aliphatic rings. The summed E-state index contributed by atoms with van der Waals surface area (Å²) in [7, 11) is 0. The number of hydrogen-bond acceptors (Lipinski definition) is 6. The van der Waals surface area contributed by atoms with Crippen LogP contribution in [0.5, 0.6) is 0 Å². The van der Waals surface area contributed by atoms with Crippen LogP contribution in [0.1, 0.15) is 31.9 Å². The topological polar surface area (TPSA) is 87.9 Å². The lowest BCUT2D eigenvalue weighted by molar-refractivity contribution is 0.292. The van der Waals surface area contributed by atoms with Crippen molar-refractivity contribution in [2.75, 3.05) is 23.8 Å². The summed E-state index contributed by atoms with van der Waals surface area (Å²) in [4.78, 5) is 13.5. The number of aromatic nitrogens is 4. The van der Waals surface area contributed by atoms with Crippen molar-refractivity contribution in [1.29, 1.82) is 0 Å². The highest BCUT2D eigenvalue weighted by Gasteiger charge is 2.15. The van der Waals surface area contributed by atoms with Gasteiger partial charge in [-0.15, -0.1) is 0 Å². The Bertz CT molecular complexity index is 815. The first-order valence-electron chi connectivity index (χ1n) is 8.56. The second-order valence-corrected chi connectivity index (χ2v) is 6.14. The van der Waals surface area contributed by atoms with Crippen molar-refractivity contribution in [3.8, 4) is 0 Å². The van der Waals surface area contributed by atoms with Gasteiger partial charge in [0.2, 0.25) is 11.9 Å². The smallest absolute Gasteiger partial charge is 0.224 e. The van der Waals surface area contributed by atoms with Gasteiger partial charge in [-0.1, -0.05) is 30.3 Å². The lowest BCUT2D eigenvalue weighted by Gasteiger charge is -2.14. The van der Waals surface area contributed by atoms with Gasteiger partial charge in [0.05, 0.1) is 6.20 Å². The summed E-state index contributed by atoms with van der Waals surface area (Å²) in [5.41, 5.74) is 2.76. The normalized spacial score (nSPS) is 11.2. The summed E-state index contributed by atoms with van der Waals surface area (Å²) in [6, 6.07) is 10.4. The van der Waals surface area contributed by atoms with E-state index in [1.165, 1.54) is 5.56 Å². The number of fused-ring (bicyclic) bond motifs is 1. The van der Waals surface area contributed by atoms with Crippen molar-refractivity contribution in [1.82, 2.24) is 19.5 Å². The summed E-state index contributed by atoms with van der Waals surface area (Å²) in [6.07, 6.45) is 2.39. The van der Waals surface area contributed by atoms with E-state index in [1.54, 1.807) is 6.20 Å². The van der Waals surface area contributed by atoms with Gasteiger partial charge in [-0.25, -0.2) is 9.97 Å². The number of benzene rings is 1. The molecule has 2 aromatic heterocycles. The zero-order valence-corrected chi connectivity index (χ0v) is 14.6. The Hall–Kier alpha value is -2.67. The number of aliphatic hydroxyl groups is 1. The Balaban J connectivity index is 1.86. The van der Waals surface area contributed by atoms with Crippen LogP contribution in [0.3, 0.4) is 0 Å². The third-order valence-electron chi connectivity index (χ3n) is 3.86. The Morgan fingerprint density at radius 3 is 2.64 bits per heavy atom. The molecule has 3 rings (SSSR count). The molecule has 132 valence electrons. The van der Waals surface area contributed by atoms with Crippen molar-refractivity contribution in [2.45, 2.75) is 32.9 Å². The predicted molar refractivity (Wildman–Crippen MR) is 99.7 cm³/mol. The Morgan fingerprint density at radius 1 is 1.12 bits per heavy atom. The number of imidazole rings is 1. The van der Waals surface area contributed by atoms with E-state index < -0.39 is 0 Å². The van der Waals surface area contributed by atoms with Crippen LogP contribution >= 0.6 is 0 Å². The SMILES string of the molecule is CC(C)n1c(NCc2ccccc2)nc2cnc(NCCCO)nc21. The lowest BCUT2D eigenvalue weighted by atomic mass is 10.2. The number of hydrogen-bond donors (Lipinski definition) is 3. The minimum absolute atomic E-state index is 0.146. The van der Waals surface area contributed by atoms with Crippen LogP contribution in [0.15, 0.2) is 36.5 Å². The molecule has 0 aliphatic carbocycles. The van der Waals surface area contributed by atoms with Gasteiger partial charge in [0.25, 0.3) is 0 Å². The molecule has 0 bridgehead atoms. The fourth-order valence-electron chi connectivity index (χ4n) is 2.65. The number of rotatable bonds is 8. The standard InChI is InChI=1S/C18H24N6O/c1-13(2)24-16-15(12-20-17(23-16)19-9-6-10-25)22-18(24)21-11-14-7-4-3-5-8-14/h3-5,7-8,12-13,25H,6,9-11H2,1-2H3,(H,21,22)(H,19,20,23). The average molecular weight is 340 g/mol. The first kappa shape index (κ1) is 17.2. The Kier molecular flexibility index (Phi) is 5.45. The average Bonchev–Trinajstić information content (AvgIpc) is 2.99. The number of aliphatic hydroxyl groups excluding tert-OH is 1. The summed E-state index contributed by atoms with van der Waals surface area (Å²) in [5.74, 6) is 1.34. The quantitative estimate of drug-likeness (QED) is 0.547. The molecule has 0 saturated heterocycles. The fraction of sp³-hybridized carbons (Fsp3) is 0.389. The van der Waals surface area contributed by atoms with Crippen molar-refractivity contribution in [2.24, 2.45) is 0 Å². The maximum absolute atomic E-state index is 8.89. The van der Waals surface area contributed by atoms with Gasteiger partial charge in [-0.3, -0.25) is 4.57 Å². The monoisotopic (exact) mass is 340 g/mol. The molecule has 0 unspecified atom stereocenters. The van der Waals surface area contributed by atoms with Crippen molar-refractivity contribution < 1.29 is 5.11 Å². The molecule has 0 radical (unpaired) electrons. The van der Waals surface area contributed by atoms with Crippen molar-refractivity contribution in [3.63, 3.8) is 0 Å². The minimum Gasteiger partial charge on any atom is -0.396 e. The first-order valence-corrected chi connectivity index (χ1v) is 8.56. The number of nitrogens with one attached hydrogen (secondary N) is 2. The van der Waals surface area contributed by atoms with Crippen LogP contribution in [0.4, 0.5) is 11.9 Å². The second-order valence-electron chi connectivity index (χ2n) is 6.14. The van der Waals surface area contributed by atoms with Gasteiger partial charge in [0.1, 0.15) is 5.52 Å². The van der Waals surface area contributed by atoms with Crippen molar-refractivity contribution in [3.05, 3.63) is 42.1 Å². The molecule has 3 aromatic rings. The maximum atomic E-state index is 8.89. The first-order chi connectivity index (χ1) is 12.2. The van der Waals surface area contributed by atoms with Crippen LogP contribution in [0, 0.1) is 0 Å². The molecule has 25 heavy (non-hydrogen) atoms. The van der Waals surface area contributed by atoms with Gasteiger partial charge in [-0.05, 0) is 25.8 Å². The molecule has 7 heteroatoms. The Morgan fingerprint density at radius 2 is 1.92 bits per heavy atom. The van der Waals surface area contributed by atoms with E-state index in [-0.39, 0.29) is 12.6 Å². The van der Waals surface area contributed by atoms with Crippen LogP contribution in [0.25, 0.3) is 11.2 Å². The molecule has 7 nitrogen and oxygen atoms in total. The van der Waals surface area contributed by atoms with E-state index in [2.05, 4.69) is 56.1 Å². The van der Waals surface area contributed by atoms with Gasteiger partial charge in [-0.2, -0.15) is 4.98 Å². The zero-order valence-electron chi connectivity index (χ0n) is 14.6. The molecule has 0 fully saturated rings. The maximum Gasteiger partial charge on any atom is 0.224 e. The highest BCUT2D eigenvalue weighted by Crippen LogP contribution is 2.23. The van der Waals surface area contributed by atoms with Gasteiger partial charge in [0.15, 0.2) is 5.65 Å². The second kappa shape index (κ2) is 7.94. The summed E-state index contributed by atoms with van der Waals surface area (Å²) in [5, 5.41) is 15.4. The number of anilines is 2. The van der Waals surface area contributed by atoms with Gasteiger partial charge < -0.3 is 15.7 Å². The highest BCUT2D eigenvalue weighted by molar-refractivity contribution is 5.75. The van der Waals surface area contributed by atoms with E-state index in [9.17, 15) is 0 Å². The van der Waals surface area contributed by atoms with E-state index in [4.69, 9.17) is 5.11 Å². The van der Waals surface area contributed by atoms with Crippen LogP contribution in [0.2, 0.25) is 0 Å². The molecule has 0 amide bonds. The largest absolute Gasteiger partial charge is 0.396 e.